The molecule has 0 fully saturated rings. The topological polar surface area (TPSA) is 70.6 Å². The number of aliphatic imine (C=N–C) groups is 1. The van der Waals surface area contributed by atoms with E-state index in [9.17, 15) is 9.59 Å². The van der Waals surface area contributed by atoms with E-state index < -0.39 is 0 Å². The molecule has 0 saturated carbocycles. The average molecular weight is 436 g/mol. The van der Waals surface area contributed by atoms with Crippen LogP contribution in [0.25, 0.3) is 0 Å². The van der Waals surface area contributed by atoms with Crippen molar-refractivity contribution in [2.45, 2.75) is 6.92 Å². The summed E-state index contributed by atoms with van der Waals surface area (Å²) in [5.41, 5.74) is 2.20. The molecule has 0 aliphatic rings. The normalized spacial score (nSPS) is 10.6. The number of anilines is 1. The molecular formula is C19H22BrN3O2S. The molecule has 2 rings (SSSR count). The molecule has 0 saturated heterocycles. The fourth-order valence-corrected chi connectivity index (χ4v) is 2.79. The second-order valence-electron chi connectivity index (χ2n) is 5.26. The summed E-state index contributed by atoms with van der Waals surface area (Å²) in [5, 5.41) is 6.84. The number of carbonyl (C=O) groups excluding carboxylic acids is 2. The fourth-order valence-electron chi connectivity index (χ4n) is 2.07. The number of halogens is 1. The zero-order chi connectivity index (χ0) is 18.1. The zero-order valence-corrected chi connectivity index (χ0v) is 17.2. The molecule has 0 aliphatic heterocycles. The molecular weight excluding hydrogens is 414 g/mol. The number of ketones is 1. The van der Waals surface area contributed by atoms with Crippen LogP contribution in [0.2, 0.25) is 0 Å². The molecule has 0 radical (unpaired) electrons. The van der Waals surface area contributed by atoms with Crippen LogP contribution in [0, 0.1) is 0 Å². The molecule has 7 heteroatoms. The summed E-state index contributed by atoms with van der Waals surface area (Å²) in [7, 11) is 1.71. The van der Waals surface area contributed by atoms with Crippen molar-refractivity contribution >= 4 is 51.3 Å². The highest BCUT2D eigenvalue weighted by Crippen LogP contribution is 2.13. The molecule has 2 aromatic rings. The molecule has 1 amide bonds. The average Bonchev–Trinajstić information content (AvgIpc) is 2.65. The Hall–Kier alpha value is -2.12. The second kappa shape index (κ2) is 11.5. The van der Waals surface area contributed by atoms with Crippen molar-refractivity contribution in [1.29, 1.82) is 0 Å². The largest absolute Gasteiger partial charge is 0.351 e. The highest BCUT2D eigenvalue weighted by atomic mass is 79.9. The Bertz CT molecular complexity index is 749. The molecule has 0 bridgehead atoms. The van der Waals surface area contributed by atoms with Gasteiger partial charge in [0.1, 0.15) is 0 Å². The molecule has 2 N–H and O–H groups in total. The lowest BCUT2D eigenvalue weighted by Gasteiger charge is -2.10. The SMILES string of the molecule is Br.CN=C(Nc1ccc(C(C)=O)cc1)SCCNC(=O)c1ccccc1. The second-order valence-corrected chi connectivity index (χ2v) is 6.34. The standard InChI is InChI=1S/C19H21N3O2S.BrH/c1-14(23)15-8-10-17(11-9-15)22-19(20-2)25-13-12-21-18(24)16-6-4-3-5-7-16;/h3-11H,12-13H2,1-2H3,(H,20,22)(H,21,24);1H. The quantitative estimate of drug-likeness (QED) is 0.311. The summed E-state index contributed by atoms with van der Waals surface area (Å²) < 4.78 is 0. The van der Waals surface area contributed by atoms with Gasteiger partial charge >= 0.3 is 0 Å². The number of thioether (sulfide) groups is 1. The van der Waals surface area contributed by atoms with Gasteiger partial charge in [-0.15, -0.1) is 17.0 Å². The number of nitrogens with zero attached hydrogens (tertiary/aromatic N) is 1. The van der Waals surface area contributed by atoms with Gasteiger partial charge in [-0.05, 0) is 43.3 Å². The van der Waals surface area contributed by atoms with Crippen molar-refractivity contribution in [3.63, 3.8) is 0 Å². The van der Waals surface area contributed by atoms with E-state index in [1.165, 1.54) is 11.8 Å². The van der Waals surface area contributed by atoms with E-state index in [4.69, 9.17) is 0 Å². The number of hydrogen-bond acceptors (Lipinski definition) is 4. The van der Waals surface area contributed by atoms with Crippen molar-refractivity contribution in [1.82, 2.24) is 5.32 Å². The minimum absolute atomic E-state index is 0. The molecule has 138 valence electrons. The van der Waals surface area contributed by atoms with Gasteiger partial charge in [0.05, 0.1) is 0 Å². The Morgan fingerprint density at radius 3 is 2.23 bits per heavy atom. The van der Waals surface area contributed by atoms with Crippen molar-refractivity contribution in [2.24, 2.45) is 4.99 Å². The van der Waals surface area contributed by atoms with Gasteiger partial charge in [-0.3, -0.25) is 14.6 Å². The van der Waals surface area contributed by atoms with Crippen molar-refractivity contribution < 1.29 is 9.59 Å². The van der Waals surface area contributed by atoms with Crippen LogP contribution in [-0.4, -0.2) is 36.2 Å². The third-order valence-corrected chi connectivity index (χ3v) is 4.37. The van der Waals surface area contributed by atoms with Gasteiger partial charge in [0, 0.05) is 36.2 Å². The Kier molecular flexibility index (Phi) is 9.69. The van der Waals surface area contributed by atoms with Crippen LogP contribution in [0.5, 0.6) is 0 Å². The molecule has 0 atom stereocenters. The third kappa shape index (κ3) is 7.01. The summed E-state index contributed by atoms with van der Waals surface area (Å²) in [6, 6.07) is 16.4. The van der Waals surface area contributed by atoms with E-state index in [0.29, 0.717) is 23.4 Å². The Labute approximate surface area is 168 Å². The minimum Gasteiger partial charge on any atom is -0.351 e. The van der Waals surface area contributed by atoms with Crippen LogP contribution in [0.15, 0.2) is 59.6 Å². The monoisotopic (exact) mass is 435 g/mol. The molecule has 0 aromatic heterocycles. The number of nitrogens with one attached hydrogen (secondary N) is 2. The van der Waals surface area contributed by atoms with Gasteiger partial charge in [0.25, 0.3) is 5.91 Å². The predicted octanol–water partition coefficient (Wildman–Crippen LogP) is 4.03. The maximum absolute atomic E-state index is 11.9. The number of benzene rings is 2. The van der Waals surface area contributed by atoms with Crippen molar-refractivity contribution in [3.05, 3.63) is 65.7 Å². The lowest BCUT2D eigenvalue weighted by molar-refractivity contribution is 0.0955. The first-order valence-corrected chi connectivity index (χ1v) is 8.89. The van der Waals surface area contributed by atoms with E-state index in [2.05, 4.69) is 15.6 Å². The van der Waals surface area contributed by atoms with Gasteiger partial charge < -0.3 is 10.6 Å². The van der Waals surface area contributed by atoms with E-state index >= 15 is 0 Å². The molecule has 0 aliphatic carbocycles. The number of carbonyl (C=O) groups is 2. The summed E-state index contributed by atoms with van der Waals surface area (Å²) in [6.07, 6.45) is 0. The van der Waals surface area contributed by atoms with Gasteiger partial charge in [-0.2, -0.15) is 0 Å². The molecule has 0 heterocycles. The Balaban J connectivity index is 0.00000338. The minimum atomic E-state index is -0.0797. The fraction of sp³-hybridized carbons (Fsp3) is 0.211. The van der Waals surface area contributed by atoms with Crippen LogP contribution >= 0.6 is 28.7 Å². The first-order chi connectivity index (χ1) is 12.1. The first-order valence-electron chi connectivity index (χ1n) is 7.91. The third-order valence-electron chi connectivity index (χ3n) is 3.41. The highest BCUT2D eigenvalue weighted by Gasteiger charge is 2.05. The summed E-state index contributed by atoms with van der Waals surface area (Å²) >= 11 is 1.52. The van der Waals surface area contributed by atoms with Gasteiger partial charge in [-0.25, -0.2) is 0 Å². The molecule has 0 spiro atoms. The van der Waals surface area contributed by atoms with E-state index in [1.54, 1.807) is 38.2 Å². The van der Waals surface area contributed by atoms with Crippen molar-refractivity contribution in [3.8, 4) is 0 Å². The molecule has 26 heavy (non-hydrogen) atoms. The number of amides is 1. The highest BCUT2D eigenvalue weighted by molar-refractivity contribution is 8.93. The summed E-state index contributed by atoms with van der Waals surface area (Å²) in [5.74, 6) is 0.660. The van der Waals surface area contributed by atoms with Crippen LogP contribution in [-0.2, 0) is 0 Å². The number of amidine groups is 1. The number of hydrogen-bond donors (Lipinski definition) is 2. The Morgan fingerprint density at radius 2 is 1.65 bits per heavy atom. The molecule has 0 unspecified atom stereocenters. The summed E-state index contributed by atoms with van der Waals surface area (Å²) in [4.78, 5) is 27.4. The van der Waals surface area contributed by atoms with Gasteiger partial charge in [0.15, 0.2) is 11.0 Å². The predicted molar refractivity (Wildman–Crippen MR) is 115 cm³/mol. The zero-order valence-electron chi connectivity index (χ0n) is 14.7. The Morgan fingerprint density at radius 1 is 1.00 bits per heavy atom. The van der Waals surface area contributed by atoms with Crippen molar-refractivity contribution in [2.75, 3.05) is 24.7 Å². The lowest BCUT2D eigenvalue weighted by Crippen LogP contribution is -2.26. The van der Waals surface area contributed by atoms with E-state index in [1.807, 2.05) is 30.3 Å². The maximum Gasteiger partial charge on any atom is 0.251 e. The number of Topliss-reactive ketones (excluding diaryl/α,β-unsaturated/α-hetero) is 1. The maximum atomic E-state index is 11.9. The van der Waals surface area contributed by atoms with Gasteiger partial charge in [0.2, 0.25) is 0 Å². The van der Waals surface area contributed by atoms with E-state index in [-0.39, 0.29) is 28.7 Å². The lowest BCUT2D eigenvalue weighted by atomic mass is 10.1. The van der Waals surface area contributed by atoms with Crippen LogP contribution in [0.3, 0.4) is 0 Å². The van der Waals surface area contributed by atoms with Gasteiger partial charge in [-0.1, -0.05) is 30.0 Å². The van der Waals surface area contributed by atoms with Crippen LogP contribution in [0.4, 0.5) is 5.69 Å². The number of rotatable bonds is 6. The molecule has 5 nitrogen and oxygen atoms in total. The van der Waals surface area contributed by atoms with Crippen LogP contribution < -0.4 is 10.6 Å². The van der Waals surface area contributed by atoms with Crippen LogP contribution in [0.1, 0.15) is 27.6 Å². The summed E-state index contributed by atoms with van der Waals surface area (Å²) in [6.45, 7) is 2.09. The van der Waals surface area contributed by atoms with E-state index in [0.717, 1.165) is 10.9 Å². The molecule has 2 aromatic carbocycles. The first kappa shape index (κ1) is 21.9. The smallest absolute Gasteiger partial charge is 0.251 e.